The number of nitrogens with one attached hydrogen (secondary N) is 1. The smallest absolute Gasteiger partial charge is 0.347 e. The van der Waals surface area contributed by atoms with Crippen molar-refractivity contribution >= 4 is 23.3 Å². The van der Waals surface area contributed by atoms with Gasteiger partial charge in [0, 0.05) is 12.2 Å². The molecule has 0 fully saturated rings. The minimum absolute atomic E-state index is 0.0721. The number of nitrogens with zero attached hydrogens (tertiary/aromatic N) is 1. The second-order valence-electron chi connectivity index (χ2n) is 6.70. The zero-order valence-corrected chi connectivity index (χ0v) is 16.9. The Bertz CT molecular complexity index is 1130. The first-order valence-electron chi connectivity index (χ1n) is 9.05. The number of hydrogen-bond acceptors (Lipinski definition) is 3. The number of amides is 1. The van der Waals surface area contributed by atoms with Gasteiger partial charge in [0.05, 0.1) is 12.1 Å². The lowest BCUT2D eigenvalue weighted by Crippen LogP contribution is -2.23. The van der Waals surface area contributed by atoms with E-state index in [1.165, 1.54) is 16.7 Å². The van der Waals surface area contributed by atoms with E-state index in [1.54, 1.807) is 13.0 Å². The molecule has 1 N–H and O–H groups in total. The summed E-state index contributed by atoms with van der Waals surface area (Å²) in [6, 6.07) is 12.3. The highest BCUT2D eigenvalue weighted by atomic mass is 32.1. The van der Waals surface area contributed by atoms with Crippen molar-refractivity contribution in [2.24, 2.45) is 0 Å². The summed E-state index contributed by atoms with van der Waals surface area (Å²) in [7, 11) is 0. The van der Waals surface area contributed by atoms with E-state index in [0.717, 1.165) is 34.6 Å². The molecule has 1 aromatic heterocycles. The maximum Gasteiger partial charge on any atom is 0.416 e. The Kier molecular flexibility index (Phi) is 6.26. The number of aromatic nitrogens is 1. The molecule has 0 bridgehead atoms. The maximum absolute atomic E-state index is 12.8. The summed E-state index contributed by atoms with van der Waals surface area (Å²) >= 11 is 0.818. The number of hydrogen-bond donors (Lipinski definition) is 1. The highest BCUT2D eigenvalue weighted by molar-refractivity contribution is 7.11. The van der Waals surface area contributed by atoms with Crippen LogP contribution >= 0.6 is 11.3 Å². The van der Waals surface area contributed by atoms with Crippen LogP contribution in [0.25, 0.3) is 6.08 Å². The lowest BCUT2D eigenvalue weighted by Gasteiger charge is -2.10. The number of halogens is 3. The minimum Gasteiger partial charge on any atom is -0.347 e. The minimum atomic E-state index is -4.45. The highest BCUT2D eigenvalue weighted by Crippen LogP contribution is 2.29. The third-order valence-corrected chi connectivity index (χ3v) is 5.69. The molecule has 0 aliphatic rings. The van der Waals surface area contributed by atoms with Gasteiger partial charge in [-0.05, 0) is 35.7 Å². The average Bonchev–Trinajstić information content (AvgIpc) is 3.00. The molecule has 8 heteroatoms. The summed E-state index contributed by atoms with van der Waals surface area (Å²) in [5.41, 5.74) is 1.93. The van der Waals surface area contributed by atoms with Crippen LogP contribution in [0.2, 0.25) is 0 Å². The van der Waals surface area contributed by atoms with Crippen LogP contribution in [0.4, 0.5) is 13.2 Å². The number of rotatable bonds is 6. The standard InChI is InChI=1S/C22H19F3N2O2S/c1-3-15-7-9-16(10-8-15)13-27-14(2)19(30-21(27)29)20(28)26-12-17-5-4-6-18(11-17)22(23,24)25/h3-11H,1,12-13H2,2H3,(H,26,28). The Morgan fingerprint density at radius 2 is 1.87 bits per heavy atom. The van der Waals surface area contributed by atoms with Crippen molar-refractivity contribution in [3.63, 3.8) is 0 Å². The molecular weight excluding hydrogens is 413 g/mol. The van der Waals surface area contributed by atoms with Crippen LogP contribution in [0.1, 0.15) is 37.6 Å². The van der Waals surface area contributed by atoms with Crippen LogP contribution < -0.4 is 10.2 Å². The Morgan fingerprint density at radius 1 is 1.17 bits per heavy atom. The van der Waals surface area contributed by atoms with Gasteiger partial charge in [0.1, 0.15) is 4.88 Å². The quantitative estimate of drug-likeness (QED) is 0.605. The first kappa shape index (κ1) is 21.6. The molecule has 0 atom stereocenters. The molecule has 1 amide bonds. The van der Waals surface area contributed by atoms with E-state index in [1.807, 2.05) is 24.3 Å². The van der Waals surface area contributed by atoms with Crippen molar-refractivity contribution in [1.29, 1.82) is 0 Å². The molecule has 3 rings (SSSR count). The normalized spacial score (nSPS) is 11.3. The van der Waals surface area contributed by atoms with Crippen LogP contribution in [-0.4, -0.2) is 10.5 Å². The van der Waals surface area contributed by atoms with Crippen LogP contribution in [-0.2, 0) is 19.3 Å². The average molecular weight is 432 g/mol. The third-order valence-electron chi connectivity index (χ3n) is 4.61. The van der Waals surface area contributed by atoms with Crippen LogP contribution in [0.5, 0.6) is 0 Å². The molecular formula is C22H19F3N2O2S. The van der Waals surface area contributed by atoms with E-state index < -0.39 is 17.6 Å². The van der Waals surface area contributed by atoms with E-state index in [9.17, 15) is 22.8 Å². The highest BCUT2D eigenvalue weighted by Gasteiger charge is 2.30. The molecule has 0 spiro atoms. The summed E-state index contributed by atoms with van der Waals surface area (Å²) in [5, 5.41) is 2.60. The van der Waals surface area contributed by atoms with Crippen LogP contribution in [0.3, 0.4) is 0 Å². The Hall–Kier alpha value is -3.13. The van der Waals surface area contributed by atoms with Gasteiger partial charge in [-0.25, -0.2) is 0 Å². The second kappa shape index (κ2) is 8.71. The van der Waals surface area contributed by atoms with Gasteiger partial charge in [-0.2, -0.15) is 13.2 Å². The predicted molar refractivity (Wildman–Crippen MR) is 112 cm³/mol. The van der Waals surface area contributed by atoms with Gasteiger partial charge in [-0.15, -0.1) is 0 Å². The topological polar surface area (TPSA) is 51.1 Å². The molecule has 1 heterocycles. The molecule has 2 aromatic carbocycles. The fraction of sp³-hybridized carbons (Fsp3) is 0.182. The molecule has 4 nitrogen and oxygen atoms in total. The first-order valence-corrected chi connectivity index (χ1v) is 9.86. The molecule has 0 aliphatic heterocycles. The molecule has 30 heavy (non-hydrogen) atoms. The van der Waals surface area contributed by atoms with E-state index in [2.05, 4.69) is 11.9 Å². The zero-order chi connectivity index (χ0) is 21.9. The monoisotopic (exact) mass is 432 g/mol. The number of carbonyl (C=O) groups is 1. The van der Waals surface area contributed by atoms with E-state index >= 15 is 0 Å². The Balaban J connectivity index is 1.73. The van der Waals surface area contributed by atoms with Crippen molar-refractivity contribution in [3.8, 4) is 0 Å². The van der Waals surface area contributed by atoms with Gasteiger partial charge in [0.2, 0.25) is 0 Å². The largest absolute Gasteiger partial charge is 0.416 e. The molecule has 0 saturated carbocycles. The van der Waals surface area contributed by atoms with Gasteiger partial charge in [0.25, 0.3) is 5.91 Å². The lowest BCUT2D eigenvalue weighted by atomic mass is 10.1. The summed E-state index contributed by atoms with van der Waals surface area (Å²) in [6.07, 6.45) is -2.73. The van der Waals surface area contributed by atoms with E-state index in [-0.39, 0.29) is 16.3 Å². The van der Waals surface area contributed by atoms with E-state index in [4.69, 9.17) is 0 Å². The van der Waals surface area contributed by atoms with E-state index in [0.29, 0.717) is 17.8 Å². The fourth-order valence-electron chi connectivity index (χ4n) is 2.93. The third kappa shape index (κ3) is 4.88. The number of thiazole rings is 1. The fourth-order valence-corrected chi connectivity index (χ4v) is 3.84. The maximum atomic E-state index is 12.8. The van der Waals surface area contributed by atoms with Gasteiger partial charge >= 0.3 is 11.0 Å². The van der Waals surface area contributed by atoms with Gasteiger partial charge in [-0.1, -0.05) is 60.4 Å². The molecule has 3 aromatic rings. The summed E-state index contributed by atoms with van der Waals surface area (Å²) in [6.45, 7) is 5.62. The second-order valence-corrected chi connectivity index (χ2v) is 7.66. The van der Waals surface area contributed by atoms with Gasteiger partial charge in [0.15, 0.2) is 0 Å². The Morgan fingerprint density at radius 3 is 2.50 bits per heavy atom. The van der Waals surface area contributed by atoms with Crippen molar-refractivity contribution in [3.05, 3.63) is 97.6 Å². The molecule has 0 saturated heterocycles. The van der Waals surface area contributed by atoms with Crippen LogP contribution in [0, 0.1) is 6.92 Å². The van der Waals surface area contributed by atoms with Crippen molar-refractivity contribution in [2.45, 2.75) is 26.2 Å². The van der Waals surface area contributed by atoms with Crippen molar-refractivity contribution in [1.82, 2.24) is 9.88 Å². The number of benzene rings is 2. The molecule has 0 aliphatic carbocycles. The molecule has 156 valence electrons. The zero-order valence-electron chi connectivity index (χ0n) is 16.1. The van der Waals surface area contributed by atoms with Crippen molar-refractivity contribution < 1.29 is 18.0 Å². The summed E-state index contributed by atoms with van der Waals surface area (Å²) < 4.78 is 40.0. The van der Waals surface area contributed by atoms with Gasteiger partial charge in [-0.3, -0.25) is 14.2 Å². The number of carbonyl (C=O) groups excluding carboxylic acids is 1. The number of alkyl halides is 3. The van der Waals surface area contributed by atoms with Crippen molar-refractivity contribution in [2.75, 3.05) is 0 Å². The SMILES string of the molecule is C=Cc1ccc(Cn2c(C)c(C(=O)NCc3cccc(C(F)(F)F)c3)sc2=O)cc1. The lowest BCUT2D eigenvalue weighted by molar-refractivity contribution is -0.137. The Labute approximate surface area is 175 Å². The first-order chi connectivity index (χ1) is 14.2. The summed E-state index contributed by atoms with van der Waals surface area (Å²) in [5.74, 6) is -0.493. The predicted octanol–water partition coefficient (Wildman–Crippen LogP) is 4.86. The van der Waals surface area contributed by atoms with Gasteiger partial charge < -0.3 is 5.32 Å². The van der Waals surface area contributed by atoms with Crippen LogP contribution in [0.15, 0.2) is 59.9 Å². The summed E-state index contributed by atoms with van der Waals surface area (Å²) in [4.78, 5) is 24.9. The molecule has 0 radical (unpaired) electrons. The molecule has 0 unspecified atom stereocenters.